The highest BCUT2D eigenvalue weighted by Gasteiger charge is 2.01. The van der Waals surface area contributed by atoms with Gasteiger partial charge in [0.1, 0.15) is 12.4 Å². The number of ether oxygens (including phenoxy) is 1. The van der Waals surface area contributed by atoms with Crippen LogP contribution >= 0.6 is 0 Å². The number of carbonyl (C=O) groups excluding carboxylic acids is 1. The third kappa shape index (κ3) is 4.66. The van der Waals surface area contributed by atoms with E-state index in [4.69, 9.17) is 4.74 Å². The van der Waals surface area contributed by atoms with Crippen molar-refractivity contribution in [3.63, 3.8) is 0 Å². The fourth-order valence-corrected chi connectivity index (χ4v) is 1.98. The molecular weight excluding hydrogens is 278 g/mol. The van der Waals surface area contributed by atoms with E-state index in [1.165, 1.54) is 0 Å². The minimum Gasteiger partial charge on any atom is -0.507 e. The van der Waals surface area contributed by atoms with E-state index in [-0.39, 0.29) is 12.4 Å². The van der Waals surface area contributed by atoms with E-state index >= 15 is 0 Å². The Morgan fingerprint density at radius 3 is 2.68 bits per heavy atom. The van der Waals surface area contributed by atoms with Crippen molar-refractivity contribution >= 4 is 12.2 Å². The molecule has 4 nitrogen and oxygen atoms in total. The van der Waals surface area contributed by atoms with Crippen LogP contribution in [0.5, 0.6) is 5.75 Å². The molecule has 1 amide bonds. The second kappa shape index (κ2) is 7.88. The fourth-order valence-electron chi connectivity index (χ4n) is 1.98. The molecule has 0 aromatic heterocycles. The van der Waals surface area contributed by atoms with Crippen molar-refractivity contribution in [2.75, 3.05) is 6.54 Å². The molecule has 0 saturated carbocycles. The van der Waals surface area contributed by atoms with E-state index in [1.54, 1.807) is 24.3 Å². The van der Waals surface area contributed by atoms with E-state index in [0.29, 0.717) is 6.54 Å². The number of nitrogens with one attached hydrogen (secondary N) is 1. The average Bonchev–Trinajstić information content (AvgIpc) is 2.53. The summed E-state index contributed by atoms with van der Waals surface area (Å²) in [7, 11) is 0. The van der Waals surface area contributed by atoms with Gasteiger partial charge in [-0.05, 0) is 24.1 Å². The predicted molar refractivity (Wildman–Crippen MR) is 86.5 cm³/mol. The van der Waals surface area contributed by atoms with Crippen molar-refractivity contribution in [2.24, 2.45) is 0 Å². The van der Waals surface area contributed by atoms with Crippen LogP contribution in [0.25, 0.3) is 6.08 Å². The monoisotopic (exact) mass is 297 g/mol. The molecule has 4 heteroatoms. The minimum atomic E-state index is -0.470. The molecule has 0 aliphatic carbocycles. The average molecular weight is 297 g/mol. The van der Waals surface area contributed by atoms with Crippen LogP contribution in [-0.4, -0.2) is 17.7 Å². The minimum absolute atomic E-state index is 0.225. The lowest BCUT2D eigenvalue weighted by molar-refractivity contribution is 0.141. The quantitative estimate of drug-likeness (QED) is 0.886. The third-order valence-electron chi connectivity index (χ3n) is 3.16. The van der Waals surface area contributed by atoms with Crippen LogP contribution < -0.4 is 5.32 Å². The van der Waals surface area contributed by atoms with Crippen molar-refractivity contribution in [1.82, 2.24) is 5.32 Å². The maximum Gasteiger partial charge on any atom is 0.407 e. The Morgan fingerprint density at radius 1 is 1.18 bits per heavy atom. The first-order valence-electron chi connectivity index (χ1n) is 7.06. The molecule has 0 heterocycles. The first-order valence-corrected chi connectivity index (χ1v) is 7.06. The Balaban J connectivity index is 1.76. The first-order chi connectivity index (χ1) is 10.7. The molecule has 0 unspecified atom stereocenters. The van der Waals surface area contributed by atoms with Crippen molar-refractivity contribution < 1.29 is 14.6 Å². The van der Waals surface area contributed by atoms with E-state index in [9.17, 15) is 9.90 Å². The Bertz CT molecular complexity index is 630. The number of rotatable bonds is 5. The molecule has 114 valence electrons. The number of benzene rings is 2. The van der Waals surface area contributed by atoms with Crippen molar-refractivity contribution in [3.8, 4) is 5.75 Å². The largest absolute Gasteiger partial charge is 0.507 e. The van der Waals surface area contributed by atoms with Gasteiger partial charge in [-0.25, -0.2) is 4.79 Å². The Labute approximate surface area is 130 Å². The predicted octanol–water partition coefficient (Wildman–Crippen LogP) is 3.64. The van der Waals surface area contributed by atoms with Crippen molar-refractivity contribution in [2.45, 2.75) is 13.5 Å². The first kappa shape index (κ1) is 15.6. The maximum absolute atomic E-state index is 11.5. The molecule has 0 bridgehead atoms. The summed E-state index contributed by atoms with van der Waals surface area (Å²) in [5.74, 6) is 0.225. The lowest BCUT2D eigenvalue weighted by Gasteiger charge is -2.06. The second-order valence-corrected chi connectivity index (χ2v) is 4.85. The molecular formula is C18H19NO3. The van der Waals surface area contributed by atoms with Gasteiger partial charge in [0.2, 0.25) is 0 Å². The van der Waals surface area contributed by atoms with Crippen LogP contribution in [0.3, 0.4) is 0 Å². The normalized spacial score (nSPS) is 10.6. The zero-order chi connectivity index (χ0) is 15.8. The fraction of sp³-hybridized carbons (Fsp3) is 0.167. The highest BCUT2D eigenvalue weighted by atomic mass is 16.5. The number of aromatic hydroxyl groups is 1. The third-order valence-corrected chi connectivity index (χ3v) is 3.16. The summed E-state index contributed by atoms with van der Waals surface area (Å²) in [6.45, 7) is 2.50. The molecule has 22 heavy (non-hydrogen) atoms. The van der Waals surface area contributed by atoms with Gasteiger partial charge in [0.25, 0.3) is 0 Å². The molecule has 0 atom stereocenters. The summed E-state index contributed by atoms with van der Waals surface area (Å²) in [5.41, 5.74) is 2.67. The van der Waals surface area contributed by atoms with Crippen LogP contribution in [0.15, 0.2) is 54.6 Å². The number of aryl methyl sites for hydroxylation is 1. The summed E-state index contributed by atoms with van der Waals surface area (Å²) < 4.78 is 5.09. The molecule has 0 aliphatic rings. The second-order valence-electron chi connectivity index (χ2n) is 4.85. The molecule has 0 radical (unpaired) electrons. The number of carbonyl (C=O) groups is 1. The van der Waals surface area contributed by atoms with Crippen LogP contribution in [0.4, 0.5) is 4.79 Å². The summed E-state index contributed by atoms with van der Waals surface area (Å²) in [5, 5.41) is 12.4. The molecule has 2 aromatic carbocycles. The van der Waals surface area contributed by atoms with Gasteiger partial charge in [-0.1, -0.05) is 54.6 Å². The van der Waals surface area contributed by atoms with E-state index in [1.807, 2.05) is 43.3 Å². The van der Waals surface area contributed by atoms with Crippen LogP contribution in [0.2, 0.25) is 0 Å². The van der Waals surface area contributed by atoms with Gasteiger partial charge in [-0.2, -0.15) is 0 Å². The van der Waals surface area contributed by atoms with Crippen LogP contribution in [0, 0.1) is 6.92 Å². The zero-order valence-electron chi connectivity index (χ0n) is 12.5. The molecule has 0 fully saturated rings. The number of phenols is 1. The number of hydrogen-bond acceptors (Lipinski definition) is 3. The summed E-state index contributed by atoms with van der Waals surface area (Å²) in [6, 6.07) is 14.8. The topological polar surface area (TPSA) is 58.6 Å². The summed E-state index contributed by atoms with van der Waals surface area (Å²) in [6.07, 6.45) is 3.08. The SMILES string of the molecule is Cc1cccc(O)c1C=CCNC(=O)OCc1ccccc1. The van der Waals surface area contributed by atoms with Gasteiger partial charge in [-0.15, -0.1) is 0 Å². The van der Waals surface area contributed by atoms with Crippen molar-refractivity contribution in [3.05, 3.63) is 71.3 Å². The van der Waals surface area contributed by atoms with E-state index < -0.39 is 6.09 Å². The lowest BCUT2D eigenvalue weighted by atomic mass is 10.1. The number of hydrogen-bond donors (Lipinski definition) is 2. The highest BCUT2D eigenvalue weighted by molar-refractivity contribution is 5.68. The van der Waals surface area contributed by atoms with E-state index in [2.05, 4.69) is 5.32 Å². The van der Waals surface area contributed by atoms with E-state index in [0.717, 1.165) is 16.7 Å². The molecule has 0 aliphatic heterocycles. The van der Waals surface area contributed by atoms with Gasteiger partial charge in [0.15, 0.2) is 0 Å². The van der Waals surface area contributed by atoms with Crippen molar-refractivity contribution in [1.29, 1.82) is 0 Å². The summed E-state index contributed by atoms with van der Waals surface area (Å²) in [4.78, 5) is 11.5. The van der Waals surface area contributed by atoms with Crippen LogP contribution in [0.1, 0.15) is 16.7 Å². The number of phenolic OH excluding ortho intramolecular Hbond substituents is 1. The molecule has 2 aromatic rings. The Kier molecular flexibility index (Phi) is 5.60. The van der Waals surface area contributed by atoms with Gasteiger partial charge in [0, 0.05) is 12.1 Å². The maximum atomic E-state index is 11.5. The van der Waals surface area contributed by atoms with Crippen LogP contribution in [-0.2, 0) is 11.3 Å². The van der Waals surface area contributed by atoms with Gasteiger partial charge < -0.3 is 15.2 Å². The molecule has 2 rings (SSSR count). The molecule has 0 saturated heterocycles. The van der Waals surface area contributed by atoms with Gasteiger partial charge in [-0.3, -0.25) is 0 Å². The molecule has 0 spiro atoms. The van der Waals surface area contributed by atoms with Gasteiger partial charge >= 0.3 is 6.09 Å². The number of amides is 1. The zero-order valence-corrected chi connectivity index (χ0v) is 12.5. The highest BCUT2D eigenvalue weighted by Crippen LogP contribution is 2.21. The smallest absolute Gasteiger partial charge is 0.407 e. The summed E-state index contributed by atoms with van der Waals surface area (Å²) >= 11 is 0. The Morgan fingerprint density at radius 2 is 1.95 bits per heavy atom. The number of alkyl carbamates (subject to hydrolysis) is 1. The lowest BCUT2D eigenvalue weighted by Crippen LogP contribution is -2.24. The molecule has 2 N–H and O–H groups in total. The standard InChI is InChI=1S/C18H19NO3/c1-14-7-5-11-17(20)16(14)10-6-12-19-18(21)22-13-15-8-3-2-4-9-15/h2-11,20H,12-13H2,1H3,(H,19,21). The Hall–Kier alpha value is -2.75. The van der Waals surface area contributed by atoms with Gasteiger partial charge in [0.05, 0.1) is 0 Å².